The van der Waals surface area contributed by atoms with E-state index in [0.29, 0.717) is 17.7 Å². The third-order valence-electron chi connectivity index (χ3n) is 3.86. The summed E-state index contributed by atoms with van der Waals surface area (Å²) in [5.41, 5.74) is -0.466. The molecule has 152 valence electrons. The number of carbonyl (C=O) groups is 1. The van der Waals surface area contributed by atoms with E-state index in [9.17, 15) is 26.4 Å². The summed E-state index contributed by atoms with van der Waals surface area (Å²) in [4.78, 5) is 11.6. The summed E-state index contributed by atoms with van der Waals surface area (Å²) < 4.78 is 70.1. The molecule has 0 unspecified atom stereocenters. The Balaban J connectivity index is 2.55. The third-order valence-corrected chi connectivity index (χ3v) is 6.04. The second-order valence-electron chi connectivity index (χ2n) is 5.72. The van der Waals surface area contributed by atoms with E-state index >= 15 is 0 Å². The first-order valence-electron chi connectivity index (χ1n) is 8.09. The molecule has 10 heteroatoms. The predicted octanol–water partition coefficient (Wildman–Crippen LogP) is 4.43. The number of ether oxygens (including phenoxy) is 1. The predicted molar refractivity (Wildman–Crippen MR) is 98.8 cm³/mol. The summed E-state index contributed by atoms with van der Waals surface area (Å²) in [7, 11) is -4.36. The van der Waals surface area contributed by atoms with Crippen LogP contribution in [-0.4, -0.2) is 27.5 Å². The van der Waals surface area contributed by atoms with Gasteiger partial charge in [0.2, 0.25) is 0 Å². The summed E-state index contributed by atoms with van der Waals surface area (Å²) in [5, 5.41) is 0.272. The van der Waals surface area contributed by atoms with Crippen LogP contribution in [0.25, 0.3) is 0 Å². The van der Waals surface area contributed by atoms with Gasteiger partial charge in [-0.15, -0.1) is 0 Å². The molecular formula is C18H17ClF3NO4S. The number of alkyl halides is 3. The Morgan fingerprint density at radius 1 is 1.14 bits per heavy atom. The van der Waals surface area contributed by atoms with Crippen LogP contribution < -0.4 is 4.31 Å². The lowest BCUT2D eigenvalue weighted by atomic mass is 10.2. The Hall–Kier alpha value is -2.26. The fourth-order valence-electron chi connectivity index (χ4n) is 2.43. The van der Waals surface area contributed by atoms with E-state index < -0.39 is 39.2 Å². The number of rotatable bonds is 6. The van der Waals surface area contributed by atoms with Gasteiger partial charge in [-0.05, 0) is 55.8 Å². The van der Waals surface area contributed by atoms with Crippen LogP contribution in [0.4, 0.5) is 18.9 Å². The molecule has 5 nitrogen and oxygen atoms in total. The highest BCUT2D eigenvalue weighted by atomic mass is 35.5. The van der Waals surface area contributed by atoms with Crippen molar-refractivity contribution in [3.63, 3.8) is 0 Å². The first kappa shape index (κ1) is 22.0. The van der Waals surface area contributed by atoms with Crippen molar-refractivity contribution in [2.75, 3.05) is 17.5 Å². The van der Waals surface area contributed by atoms with Crippen molar-refractivity contribution in [1.29, 1.82) is 0 Å². The number of halogens is 4. The highest BCUT2D eigenvalue weighted by molar-refractivity contribution is 7.92. The molecule has 0 radical (unpaired) electrons. The molecule has 2 aromatic carbocycles. The molecule has 0 aliphatic heterocycles. The van der Waals surface area contributed by atoms with E-state index in [1.807, 2.05) is 0 Å². The average molecular weight is 436 g/mol. The Morgan fingerprint density at radius 3 is 2.29 bits per heavy atom. The molecule has 0 aliphatic rings. The van der Waals surface area contributed by atoms with Gasteiger partial charge in [-0.1, -0.05) is 17.7 Å². The van der Waals surface area contributed by atoms with Gasteiger partial charge in [0, 0.05) is 5.02 Å². The lowest BCUT2D eigenvalue weighted by Gasteiger charge is -2.25. The van der Waals surface area contributed by atoms with Gasteiger partial charge in [-0.2, -0.15) is 13.2 Å². The van der Waals surface area contributed by atoms with Crippen molar-refractivity contribution in [3.05, 3.63) is 58.6 Å². The van der Waals surface area contributed by atoms with Crippen molar-refractivity contribution in [3.8, 4) is 0 Å². The van der Waals surface area contributed by atoms with Crippen LogP contribution in [-0.2, 0) is 25.7 Å². The third kappa shape index (κ3) is 4.77. The lowest BCUT2D eigenvalue weighted by Crippen LogP contribution is -2.37. The summed E-state index contributed by atoms with van der Waals surface area (Å²) in [6, 6.07) is 7.52. The topological polar surface area (TPSA) is 63.7 Å². The van der Waals surface area contributed by atoms with Crippen LogP contribution in [0.15, 0.2) is 47.4 Å². The molecular weight excluding hydrogens is 419 g/mol. The van der Waals surface area contributed by atoms with Crippen molar-refractivity contribution in [2.45, 2.75) is 24.9 Å². The van der Waals surface area contributed by atoms with Gasteiger partial charge in [0.05, 0.1) is 22.8 Å². The molecule has 2 aromatic rings. The Labute approximate surface area is 165 Å². The SMILES string of the molecule is CCOC(=O)CN(c1cccc(Cl)c1C)S(=O)(=O)c1ccc(C(F)(F)F)cc1. The maximum absolute atomic E-state index is 13.1. The second kappa shape index (κ2) is 8.40. The number of esters is 1. The molecule has 0 amide bonds. The zero-order valence-electron chi connectivity index (χ0n) is 15.0. The lowest BCUT2D eigenvalue weighted by molar-refractivity contribution is -0.141. The van der Waals surface area contributed by atoms with Crippen molar-refractivity contribution in [1.82, 2.24) is 0 Å². The number of hydrogen-bond acceptors (Lipinski definition) is 4. The van der Waals surface area contributed by atoms with E-state index in [-0.39, 0.29) is 17.3 Å². The average Bonchev–Trinajstić information content (AvgIpc) is 2.62. The molecule has 2 rings (SSSR count). The summed E-state index contributed by atoms with van der Waals surface area (Å²) in [5.74, 6) is -0.808. The van der Waals surface area contributed by atoms with Crippen LogP contribution in [0.2, 0.25) is 5.02 Å². The first-order valence-corrected chi connectivity index (χ1v) is 9.91. The zero-order valence-corrected chi connectivity index (χ0v) is 16.5. The highest BCUT2D eigenvalue weighted by Crippen LogP contribution is 2.33. The zero-order chi connectivity index (χ0) is 21.1. The number of hydrogen-bond donors (Lipinski definition) is 0. The van der Waals surface area contributed by atoms with Gasteiger partial charge >= 0.3 is 12.1 Å². The van der Waals surface area contributed by atoms with Crippen LogP contribution in [0, 0.1) is 6.92 Å². The smallest absolute Gasteiger partial charge is 0.416 e. The fraction of sp³-hybridized carbons (Fsp3) is 0.278. The maximum atomic E-state index is 13.1. The highest BCUT2D eigenvalue weighted by Gasteiger charge is 2.33. The van der Waals surface area contributed by atoms with Crippen LogP contribution >= 0.6 is 11.6 Å². The quantitative estimate of drug-likeness (QED) is 0.630. The number of carbonyl (C=O) groups excluding carboxylic acids is 1. The number of benzene rings is 2. The molecule has 28 heavy (non-hydrogen) atoms. The normalized spacial score (nSPS) is 11.9. The molecule has 0 heterocycles. The number of nitrogens with zero attached hydrogens (tertiary/aromatic N) is 1. The molecule has 0 N–H and O–H groups in total. The van der Waals surface area contributed by atoms with E-state index in [4.69, 9.17) is 16.3 Å². The van der Waals surface area contributed by atoms with Crippen molar-refractivity contribution in [2.24, 2.45) is 0 Å². The number of anilines is 1. The Bertz CT molecular complexity index is 960. The van der Waals surface area contributed by atoms with Crippen LogP contribution in [0.5, 0.6) is 0 Å². The number of sulfonamides is 1. The van der Waals surface area contributed by atoms with Gasteiger partial charge in [-0.25, -0.2) is 8.42 Å². The van der Waals surface area contributed by atoms with Crippen molar-refractivity contribution < 1.29 is 31.1 Å². The maximum Gasteiger partial charge on any atom is 0.416 e. The molecule has 0 atom stereocenters. The molecule has 0 aliphatic carbocycles. The van der Waals surface area contributed by atoms with E-state index in [1.54, 1.807) is 19.9 Å². The minimum atomic E-state index is -4.60. The molecule has 0 spiro atoms. The van der Waals surface area contributed by atoms with Gasteiger partial charge in [0.15, 0.2) is 0 Å². The van der Waals surface area contributed by atoms with Crippen LogP contribution in [0.1, 0.15) is 18.1 Å². The minimum absolute atomic E-state index is 0.0432. The second-order valence-corrected chi connectivity index (χ2v) is 7.99. The van der Waals surface area contributed by atoms with Gasteiger partial charge in [-0.3, -0.25) is 9.10 Å². The van der Waals surface area contributed by atoms with Crippen molar-refractivity contribution >= 4 is 33.3 Å². The standard InChI is InChI=1S/C18H17ClF3NO4S/c1-3-27-17(24)11-23(16-6-4-5-15(19)12(16)2)28(25,26)14-9-7-13(8-10-14)18(20,21)22/h4-10H,3,11H2,1-2H3. The summed E-state index contributed by atoms with van der Waals surface area (Å²) in [6.45, 7) is 2.52. The van der Waals surface area contributed by atoms with E-state index in [0.717, 1.165) is 16.4 Å². The molecule has 0 saturated heterocycles. The van der Waals surface area contributed by atoms with Gasteiger partial charge in [0.25, 0.3) is 10.0 Å². The minimum Gasteiger partial charge on any atom is -0.465 e. The molecule has 0 bridgehead atoms. The molecule has 0 saturated carbocycles. The first-order chi connectivity index (χ1) is 13.0. The van der Waals surface area contributed by atoms with E-state index in [1.165, 1.54) is 12.1 Å². The Morgan fingerprint density at radius 2 is 1.75 bits per heavy atom. The van der Waals surface area contributed by atoms with Gasteiger partial charge < -0.3 is 4.74 Å². The monoisotopic (exact) mass is 435 g/mol. The summed E-state index contributed by atoms with van der Waals surface area (Å²) >= 11 is 6.06. The molecule has 0 fully saturated rings. The fourth-order valence-corrected chi connectivity index (χ4v) is 4.07. The molecule has 0 aromatic heterocycles. The largest absolute Gasteiger partial charge is 0.465 e. The Kier molecular flexibility index (Phi) is 6.61. The summed E-state index contributed by atoms with van der Waals surface area (Å²) in [6.07, 6.45) is -4.60. The van der Waals surface area contributed by atoms with E-state index in [2.05, 4.69) is 0 Å². The van der Waals surface area contributed by atoms with Gasteiger partial charge in [0.1, 0.15) is 6.54 Å². The van der Waals surface area contributed by atoms with Crippen LogP contribution in [0.3, 0.4) is 0 Å².